The van der Waals surface area contributed by atoms with Crippen LogP contribution in [-0.2, 0) is 11.2 Å². The monoisotopic (exact) mass is 463 g/mol. The number of halogens is 1. The molecule has 6 nitrogen and oxygen atoms in total. The SMILES string of the molecule is CCc1ccc2oc(-c3ccc(Cl)cc3)c(OCC(=O)Nc3ccc(OC)cc3)c(=O)c2c1. The van der Waals surface area contributed by atoms with Crippen LogP contribution in [0.4, 0.5) is 5.69 Å². The minimum atomic E-state index is -0.413. The van der Waals surface area contributed by atoms with Gasteiger partial charge in [0.1, 0.15) is 11.3 Å². The van der Waals surface area contributed by atoms with Crippen LogP contribution in [0.1, 0.15) is 12.5 Å². The lowest BCUT2D eigenvalue weighted by molar-refractivity contribution is -0.118. The number of methoxy groups -OCH3 is 1. The molecule has 168 valence electrons. The molecule has 0 aliphatic carbocycles. The summed E-state index contributed by atoms with van der Waals surface area (Å²) in [7, 11) is 1.57. The molecule has 1 aromatic heterocycles. The molecule has 0 saturated heterocycles. The molecule has 0 spiro atoms. The molecular formula is C26H22ClNO5. The van der Waals surface area contributed by atoms with E-state index in [4.69, 9.17) is 25.5 Å². The molecule has 1 heterocycles. The molecule has 0 radical (unpaired) electrons. The maximum absolute atomic E-state index is 13.3. The minimum absolute atomic E-state index is 0.0250. The Morgan fingerprint density at radius 2 is 1.76 bits per heavy atom. The molecule has 1 N–H and O–H groups in total. The number of ether oxygens (including phenoxy) is 2. The summed E-state index contributed by atoms with van der Waals surface area (Å²) in [4.78, 5) is 25.8. The maximum Gasteiger partial charge on any atom is 0.262 e. The Balaban J connectivity index is 1.67. The third-order valence-electron chi connectivity index (χ3n) is 5.15. The van der Waals surface area contributed by atoms with Gasteiger partial charge in [-0.2, -0.15) is 0 Å². The molecule has 0 aliphatic rings. The van der Waals surface area contributed by atoms with Crippen molar-refractivity contribution in [3.63, 3.8) is 0 Å². The summed E-state index contributed by atoms with van der Waals surface area (Å²) >= 11 is 6.01. The first-order chi connectivity index (χ1) is 16.0. The van der Waals surface area contributed by atoms with Gasteiger partial charge in [-0.1, -0.05) is 24.6 Å². The van der Waals surface area contributed by atoms with Crippen molar-refractivity contribution in [3.05, 3.63) is 87.5 Å². The van der Waals surface area contributed by atoms with E-state index in [0.717, 1.165) is 12.0 Å². The number of hydrogen-bond acceptors (Lipinski definition) is 5. The number of rotatable bonds is 7. The Labute approximate surface area is 195 Å². The van der Waals surface area contributed by atoms with Crippen LogP contribution in [0.3, 0.4) is 0 Å². The first-order valence-corrected chi connectivity index (χ1v) is 10.8. The van der Waals surface area contributed by atoms with Crippen molar-refractivity contribution in [1.29, 1.82) is 0 Å². The standard InChI is InChI=1S/C26H22ClNO5/c1-3-16-4-13-22-21(14-16)24(30)26(25(33-22)17-5-7-18(27)8-6-17)32-15-23(29)28-19-9-11-20(31-2)12-10-19/h4-14H,3,15H2,1-2H3,(H,28,29). The van der Waals surface area contributed by atoms with E-state index >= 15 is 0 Å². The lowest BCUT2D eigenvalue weighted by atomic mass is 10.1. The number of nitrogens with one attached hydrogen (secondary N) is 1. The van der Waals surface area contributed by atoms with Gasteiger partial charge >= 0.3 is 0 Å². The Morgan fingerprint density at radius 1 is 1.03 bits per heavy atom. The summed E-state index contributed by atoms with van der Waals surface area (Å²) in [6.45, 7) is 1.64. The highest BCUT2D eigenvalue weighted by molar-refractivity contribution is 6.30. The van der Waals surface area contributed by atoms with Crippen molar-refractivity contribution in [2.45, 2.75) is 13.3 Å². The van der Waals surface area contributed by atoms with E-state index in [1.165, 1.54) is 0 Å². The van der Waals surface area contributed by atoms with Gasteiger partial charge in [0.15, 0.2) is 12.4 Å². The Morgan fingerprint density at radius 3 is 2.42 bits per heavy atom. The number of carbonyl (C=O) groups excluding carboxylic acids is 1. The van der Waals surface area contributed by atoms with Gasteiger partial charge in [-0.3, -0.25) is 9.59 Å². The lowest BCUT2D eigenvalue weighted by Gasteiger charge is -2.12. The Bertz CT molecular complexity index is 1340. The first-order valence-electron chi connectivity index (χ1n) is 10.4. The predicted octanol–water partition coefficient (Wildman–Crippen LogP) is 5.70. The predicted molar refractivity (Wildman–Crippen MR) is 129 cm³/mol. The second kappa shape index (κ2) is 9.79. The third kappa shape index (κ3) is 5.02. The van der Waals surface area contributed by atoms with E-state index in [2.05, 4.69) is 5.32 Å². The highest BCUT2D eigenvalue weighted by Gasteiger charge is 2.19. The van der Waals surface area contributed by atoms with Crippen LogP contribution in [0.25, 0.3) is 22.3 Å². The molecule has 0 fully saturated rings. The topological polar surface area (TPSA) is 77.8 Å². The fourth-order valence-corrected chi connectivity index (χ4v) is 3.50. The molecule has 0 aliphatic heterocycles. The van der Waals surface area contributed by atoms with Crippen molar-refractivity contribution >= 4 is 34.2 Å². The second-order valence-electron chi connectivity index (χ2n) is 7.35. The van der Waals surface area contributed by atoms with E-state index in [-0.39, 0.29) is 23.5 Å². The van der Waals surface area contributed by atoms with Gasteiger partial charge in [-0.15, -0.1) is 0 Å². The summed E-state index contributed by atoms with van der Waals surface area (Å²) in [5.41, 5.74) is 2.30. The van der Waals surface area contributed by atoms with Gasteiger partial charge in [0, 0.05) is 16.3 Å². The largest absolute Gasteiger partial charge is 0.497 e. The average molecular weight is 464 g/mol. The van der Waals surface area contributed by atoms with Crippen molar-refractivity contribution in [3.8, 4) is 22.8 Å². The number of benzene rings is 3. The summed E-state index contributed by atoms with van der Waals surface area (Å²) in [5, 5.41) is 3.69. The fourth-order valence-electron chi connectivity index (χ4n) is 3.38. The Kier molecular flexibility index (Phi) is 6.66. The smallest absolute Gasteiger partial charge is 0.262 e. The molecule has 0 unspecified atom stereocenters. The van der Waals surface area contributed by atoms with Gasteiger partial charge in [-0.05, 0) is 72.6 Å². The normalized spacial score (nSPS) is 10.8. The average Bonchev–Trinajstić information content (AvgIpc) is 2.84. The molecule has 0 bridgehead atoms. The molecule has 1 amide bonds. The summed E-state index contributed by atoms with van der Waals surface area (Å²) in [6, 6.07) is 19.2. The third-order valence-corrected chi connectivity index (χ3v) is 5.40. The van der Waals surface area contributed by atoms with Gasteiger partial charge in [0.25, 0.3) is 5.91 Å². The molecule has 7 heteroatoms. The summed E-state index contributed by atoms with van der Waals surface area (Å²) in [6.07, 6.45) is 0.773. The van der Waals surface area contributed by atoms with E-state index in [1.807, 2.05) is 13.0 Å². The van der Waals surface area contributed by atoms with Crippen molar-refractivity contribution in [1.82, 2.24) is 0 Å². The van der Waals surface area contributed by atoms with E-state index < -0.39 is 5.91 Å². The van der Waals surface area contributed by atoms with Gasteiger partial charge in [0.2, 0.25) is 11.2 Å². The molecule has 4 rings (SSSR count). The van der Waals surface area contributed by atoms with Crippen LogP contribution < -0.4 is 20.2 Å². The quantitative estimate of drug-likeness (QED) is 0.380. The van der Waals surface area contributed by atoms with E-state index in [0.29, 0.717) is 33.0 Å². The van der Waals surface area contributed by atoms with Gasteiger partial charge in [-0.25, -0.2) is 0 Å². The zero-order valence-electron chi connectivity index (χ0n) is 18.2. The molecule has 33 heavy (non-hydrogen) atoms. The Hall–Kier alpha value is -3.77. The van der Waals surface area contributed by atoms with Crippen LogP contribution in [0.15, 0.2) is 75.9 Å². The van der Waals surface area contributed by atoms with Crippen molar-refractivity contribution in [2.75, 3.05) is 19.0 Å². The summed E-state index contributed by atoms with van der Waals surface area (Å²) in [5.74, 6) is 0.481. The van der Waals surface area contributed by atoms with E-state index in [1.54, 1.807) is 67.8 Å². The van der Waals surface area contributed by atoms with Crippen LogP contribution >= 0.6 is 11.6 Å². The van der Waals surface area contributed by atoms with Crippen LogP contribution in [0.2, 0.25) is 5.02 Å². The van der Waals surface area contributed by atoms with E-state index in [9.17, 15) is 9.59 Å². The lowest BCUT2D eigenvalue weighted by Crippen LogP contribution is -2.22. The highest BCUT2D eigenvalue weighted by Crippen LogP contribution is 2.32. The molecule has 4 aromatic rings. The number of fused-ring (bicyclic) bond motifs is 1. The zero-order valence-corrected chi connectivity index (χ0v) is 18.9. The van der Waals surface area contributed by atoms with Crippen molar-refractivity contribution < 1.29 is 18.7 Å². The molecule has 3 aromatic carbocycles. The molecule has 0 saturated carbocycles. The van der Waals surface area contributed by atoms with Gasteiger partial charge < -0.3 is 19.2 Å². The maximum atomic E-state index is 13.3. The van der Waals surface area contributed by atoms with Crippen LogP contribution in [-0.4, -0.2) is 19.6 Å². The highest BCUT2D eigenvalue weighted by atomic mass is 35.5. The first kappa shape index (κ1) is 22.4. The number of carbonyl (C=O) groups is 1. The van der Waals surface area contributed by atoms with Crippen LogP contribution in [0, 0.1) is 0 Å². The van der Waals surface area contributed by atoms with Gasteiger partial charge in [0.05, 0.1) is 12.5 Å². The second-order valence-corrected chi connectivity index (χ2v) is 7.78. The minimum Gasteiger partial charge on any atom is -0.497 e. The zero-order chi connectivity index (χ0) is 23.4. The molecular weight excluding hydrogens is 442 g/mol. The number of anilines is 1. The number of hydrogen-bond donors (Lipinski definition) is 1. The van der Waals surface area contributed by atoms with Crippen LogP contribution in [0.5, 0.6) is 11.5 Å². The summed E-state index contributed by atoms with van der Waals surface area (Å²) < 4.78 is 16.9. The molecule has 0 atom stereocenters. The number of amides is 1. The fraction of sp³-hybridized carbons (Fsp3) is 0.154. The number of aryl methyl sites for hydroxylation is 1. The van der Waals surface area contributed by atoms with Crippen molar-refractivity contribution in [2.24, 2.45) is 0 Å².